The zero-order valence-electron chi connectivity index (χ0n) is 15.2. The lowest BCUT2D eigenvalue weighted by Crippen LogP contribution is -2.36. The highest BCUT2D eigenvalue weighted by atomic mass is 15.2. The van der Waals surface area contributed by atoms with Crippen LogP contribution in [-0.4, -0.2) is 48.0 Å². The highest BCUT2D eigenvalue weighted by Gasteiger charge is 2.56. The van der Waals surface area contributed by atoms with Gasteiger partial charge in [0.25, 0.3) is 0 Å². The number of nitrogens with one attached hydrogen (secondary N) is 1. The molecule has 3 aromatic rings. The number of aromatic nitrogens is 5. The van der Waals surface area contributed by atoms with Crippen LogP contribution in [0.1, 0.15) is 30.8 Å². The SMILES string of the molecule is Cn1ccnc1CN(Cc1cnc2cnccn12)C1CC12CCNCC2. The number of aryl methyl sites for hydroxylation is 1. The summed E-state index contributed by atoms with van der Waals surface area (Å²) in [6.07, 6.45) is 15.4. The van der Waals surface area contributed by atoms with Crippen LogP contribution in [0, 0.1) is 5.41 Å². The summed E-state index contributed by atoms with van der Waals surface area (Å²) in [5, 5.41) is 3.51. The van der Waals surface area contributed by atoms with Crippen molar-refractivity contribution in [3.05, 3.63) is 48.7 Å². The summed E-state index contributed by atoms with van der Waals surface area (Å²) >= 11 is 0. The first-order valence-electron chi connectivity index (χ1n) is 9.42. The standard InChI is InChI=1S/C19H25N7/c1-24-8-7-22-18(24)14-25(16-10-19(16)2-4-20-5-3-19)13-15-11-23-17-12-21-6-9-26(15)17/h6-9,11-12,16,20H,2-5,10,13-14H2,1H3. The van der Waals surface area contributed by atoms with Gasteiger partial charge in [0.2, 0.25) is 0 Å². The highest BCUT2D eigenvalue weighted by Crippen LogP contribution is 2.56. The van der Waals surface area contributed by atoms with Gasteiger partial charge in [-0.25, -0.2) is 9.97 Å². The van der Waals surface area contributed by atoms with Crippen molar-refractivity contribution in [2.24, 2.45) is 12.5 Å². The topological polar surface area (TPSA) is 63.3 Å². The Morgan fingerprint density at radius 1 is 1.15 bits per heavy atom. The van der Waals surface area contributed by atoms with Crippen LogP contribution < -0.4 is 5.32 Å². The monoisotopic (exact) mass is 351 g/mol. The van der Waals surface area contributed by atoms with Crippen molar-refractivity contribution < 1.29 is 0 Å². The van der Waals surface area contributed by atoms with E-state index < -0.39 is 0 Å². The third-order valence-corrected chi connectivity index (χ3v) is 6.21. The Kier molecular flexibility index (Phi) is 3.79. The molecule has 5 rings (SSSR count). The van der Waals surface area contributed by atoms with E-state index >= 15 is 0 Å². The summed E-state index contributed by atoms with van der Waals surface area (Å²) in [7, 11) is 2.08. The largest absolute Gasteiger partial charge is 0.337 e. The summed E-state index contributed by atoms with van der Waals surface area (Å²) < 4.78 is 4.28. The maximum absolute atomic E-state index is 4.57. The third-order valence-electron chi connectivity index (χ3n) is 6.21. The van der Waals surface area contributed by atoms with Crippen molar-refractivity contribution in [1.29, 1.82) is 0 Å². The minimum atomic E-state index is 0.498. The smallest absolute Gasteiger partial charge is 0.155 e. The quantitative estimate of drug-likeness (QED) is 0.757. The van der Waals surface area contributed by atoms with Gasteiger partial charge in [0.15, 0.2) is 5.65 Å². The van der Waals surface area contributed by atoms with Crippen molar-refractivity contribution in [3.63, 3.8) is 0 Å². The predicted molar refractivity (Wildman–Crippen MR) is 98.4 cm³/mol. The molecule has 1 atom stereocenters. The molecule has 2 aliphatic rings. The first-order chi connectivity index (χ1) is 12.8. The van der Waals surface area contributed by atoms with Crippen molar-refractivity contribution in [2.75, 3.05) is 13.1 Å². The Morgan fingerprint density at radius 2 is 2.04 bits per heavy atom. The van der Waals surface area contributed by atoms with E-state index in [1.165, 1.54) is 25.0 Å². The number of hydrogen-bond acceptors (Lipinski definition) is 5. The number of imidazole rings is 2. The first kappa shape index (κ1) is 16.0. The molecular formula is C19H25N7. The van der Waals surface area contributed by atoms with Crippen LogP contribution in [0.3, 0.4) is 0 Å². The average molecular weight is 351 g/mol. The molecule has 1 aliphatic carbocycles. The zero-order chi connectivity index (χ0) is 17.6. The Morgan fingerprint density at radius 3 is 2.85 bits per heavy atom. The van der Waals surface area contributed by atoms with Crippen LogP contribution in [0.15, 0.2) is 37.2 Å². The Bertz CT molecular complexity index is 905. The van der Waals surface area contributed by atoms with E-state index in [1.807, 2.05) is 37.2 Å². The number of rotatable bonds is 5. The van der Waals surface area contributed by atoms with Gasteiger partial charge in [-0.15, -0.1) is 0 Å². The number of nitrogens with zero attached hydrogens (tertiary/aromatic N) is 6. The molecule has 1 aliphatic heterocycles. The highest BCUT2D eigenvalue weighted by molar-refractivity contribution is 5.37. The van der Waals surface area contributed by atoms with Crippen LogP contribution in [0.4, 0.5) is 0 Å². The van der Waals surface area contributed by atoms with Crippen LogP contribution >= 0.6 is 0 Å². The Labute approximate surface area is 153 Å². The van der Waals surface area contributed by atoms with Gasteiger partial charge in [-0.1, -0.05) is 0 Å². The van der Waals surface area contributed by atoms with Gasteiger partial charge in [0.1, 0.15) is 5.82 Å². The van der Waals surface area contributed by atoms with Crippen LogP contribution in [0.5, 0.6) is 0 Å². The van der Waals surface area contributed by atoms with E-state index in [-0.39, 0.29) is 0 Å². The maximum atomic E-state index is 4.57. The molecule has 4 heterocycles. The van der Waals surface area contributed by atoms with E-state index in [0.29, 0.717) is 11.5 Å². The van der Waals surface area contributed by atoms with E-state index in [1.54, 1.807) is 0 Å². The summed E-state index contributed by atoms with van der Waals surface area (Å²) in [6, 6.07) is 0.633. The molecule has 1 unspecified atom stereocenters. The zero-order valence-corrected chi connectivity index (χ0v) is 15.2. The molecule has 3 aromatic heterocycles. The molecule has 0 radical (unpaired) electrons. The second-order valence-electron chi connectivity index (χ2n) is 7.75. The number of fused-ring (bicyclic) bond motifs is 1. The second kappa shape index (κ2) is 6.17. The fourth-order valence-electron chi connectivity index (χ4n) is 4.53. The second-order valence-corrected chi connectivity index (χ2v) is 7.75. The third kappa shape index (κ3) is 2.71. The molecule has 1 spiro atoms. The van der Waals surface area contributed by atoms with Gasteiger partial charge in [0.05, 0.1) is 24.6 Å². The van der Waals surface area contributed by atoms with Crippen LogP contribution in [-0.2, 0) is 20.1 Å². The molecule has 26 heavy (non-hydrogen) atoms. The van der Waals surface area contributed by atoms with Gasteiger partial charge < -0.3 is 9.88 Å². The van der Waals surface area contributed by atoms with E-state index in [2.05, 4.69) is 41.2 Å². The normalized spacial score (nSPS) is 21.7. The molecule has 7 nitrogen and oxygen atoms in total. The maximum Gasteiger partial charge on any atom is 0.155 e. The van der Waals surface area contributed by atoms with E-state index in [0.717, 1.165) is 37.7 Å². The number of piperidine rings is 1. The molecular weight excluding hydrogens is 326 g/mol. The van der Waals surface area contributed by atoms with Gasteiger partial charge in [0, 0.05) is 44.4 Å². The summed E-state index contributed by atoms with van der Waals surface area (Å²) in [6.45, 7) is 4.06. The molecule has 0 amide bonds. The van der Waals surface area contributed by atoms with Crippen molar-refractivity contribution in [3.8, 4) is 0 Å². The molecule has 1 saturated heterocycles. The van der Waals surface area contributed by atoms with Crippen molar-refractivity contribution in [1.82, 2.24) is 34.1 Å². The van der Waals surface area contributed by atoms with Crippen molar-refractivity contribution >= 4 is 5.65 Å². The van der Waals surface area contributed by atoms with E-state index in [9.17, 15) is 0 Å². The lowest BCUT2D eigenvalue weighted by atomic mass is 9.93. The molecule has 136 valence electrons. The van der Waals surface area contributed by atoms with E-state index in [4.69, 9.17) is 0 Å². The van der Waals surface area contributed by atoms with Crippen LogP contribution in [0.25, 0.3) is 5.65 Å². The predicted octanol–water partition coefficient (Wildman–Crippen LogP) is 1.61. The van der Waals surface area contributed by atoms with Crippen molar-refractivity contribution in [2.45, 2.75) is 38.4 Å². The minimum absolute atomic E-state index is 0.498. The minimum Gasteiger partial charge on any atom is -0.337 e. The number of hydrogen-bond donors (Lipinski definition) is 1. The van der Waals surface area contributed by atoms with Crippen LogP contribution in [0.2, 0.25) is 0 Å². The fourth-order valence-corrected chi connectivity index (χ4v) is 4.53. The molecule has 1 N–H and O–H groups in total. The molecule has 0 bridgehead atoms. The molecule has 1 saturated carbocycles. The van der Waals surface area contributed by atoms with Gasteiger partial charge >= 0.3 is 0 Å². The summed E-state index contributed by atoms with van der Waals surface area (Å²) in [5.41, 5.74) is 2.62. The lowest BCUT2D eigenvalue weighted by Gasteiger charge is -2.29. The first-order valence-corrected chi connectivity index (χ1v) is 9.42. The molecule has 2 fully saturated rings. The average Bonchev–Trinajstić information content (AvgIpc) is 3.00. The Hall–Kier alpha value is -2.25. The molecule has 7 heteroatoms. The van der Waals surface area contributed by atoms with Gasteiger partial charge in [-0.3, -0.25) is 14.3 Å². The fraction of sp³-hybridized carbons (Fsp3) is 0.526. The summed E-state index contributed by atoms with van der Waals surface area (Å²) in [5.74, 6) is 1.12. The van der Waals surface area contributed by atoms with Gasteiger partial charge in [-0.05, 0) is 37.8 Å². The lowest BCUT2D eigenvalue weighted by molar-refractivity contribution is 0.180. The molecule has 0 aromatic carbocycles. The van der Waals surface area contributed by atoms with Gasteiger partial charge in [-0.2, -0.15) is 0 Å². The Balaban J connectivity index is 1.43. The summed E-state index contributed by atoms with van der Waals surface area (Å²) in [4.78, 5) is 15.9.